The number of methoxy groups -OCH3 is 1. The van der Waals surface area contributed by atoms with Crippen LogP contribution in [0.1, 0.15) is 10.4 Å². The summed E-state index contributed by atoms with van der Waals surface area (Å²) in [5.41, 5.74) is 0.0858. The van der Waals surface area contributed by atoms with Gasteiger partial charge >= 0.3 is 5.97 Å². The quantitative estimate of drug-likeness (QED) is 0.662. The van der Waals surface area contributed by atoms with Crippen LogP contribution in [-0.4, -0.2) is 21.8 Å². The molecule has 0 spiro atoms. The van der Waals surface area contributed by atoms with Crippen LogP contribution in [0.5, 0.6) is 0 Å². The molecule has 0 bridgehead atoms. The Balaban J connectivity index is 3.35. The number of hydrogen-bond acceptors (Lipinski definition) is 3. The van der Waals surface area contributed by atoms with Gasteiger partial charge in [-0.05, 0) is 28.1 Å². The van der Waals surface area contributed by atoms with Crippen molar-refractivity contribution >= 4 is 33.0 Å². The largest absolute Gasteiger partial charge is 0.465 e. The number of carbonyl (C=O) groups is 1. The van der Waals surface area contributed by atoms with Gasteiger partial charge in [-0.15, -0.1) is 0 Å². The third-order valence-electron chi connectivity index (χ3n) is 1.55. The van der Waals surface area contributed by atoms with Crippen LogP contribution >= 0.6 is 15.9 Å². The van der Waals surface area contributed by atoms with Gasteiger partial charge in [-0.2, -0.15) is 0 Å². The second kappa shape index (κ2) is 4.68. The maximum Gasteiger partial charge on any atom is 0.339 e. The molecule has 1 aromatic carbocycles. The average Bonchev–Trinajstić information content (AvgIpc) is 2.15. The Morgan fingerprint density at radius 2 is 2.21 bits per heavy atom. The van der Waals surface area contributed by atoms with E-state index in [1.54, 1.807) is 12.1 Å². The topological polar surface area (TPSA) is 63.6 Å². The van der Waals surface area contributed by atoms with E-state index in [2.05, 4.69) is 20.7 Å². The molecule has 1 aromatic rings. The fourth-order valence-corrected chi connectivity index (χ4v) is 2.31. The standard InChI is InChI=1S/C8H7BrO4S/c1-13-8(10)5-3-2-4-6(9)7(5)14(11)12/h2-4H,1H3,(H,11,12). The van der Waals surface area contributed by atoms with Crippen molar-refractivity contribution in [1.82, 2.24) is 0 Å². The van der Waals surface area contributed by atoms with Crippen molar-refractivity contribution in [1.29, 1.82) is 0 Å². The van der Waals surface area contributed by atoms with Crippen molar-refractivity contribution < 1.29 is 18.3 Å². The zero-order chi connectivity index (χ0) is 10.7. The second-order valence-corrected chi connectivity index (χ2v) is 4.12. The van der Waals surface area contributed by atoms with Crippen LogP contribution < -0.4 is 0 Å². The van der Waals surface area contributed by atoms with E-state index >= 15 is 0 Å². The molecule has 0 aliphatic rings. The van der Waals surface area contributed by atoms with E-state index in [1.165, 1.54) is 13.2 Å². The molecule has 1 unspecified atom stereocenters. The molecule has 4 nitrogen and oxygen atoms in total. The van der Waals surface area contributed by atoms with Crippen molar-refractivity contribution in [2.24, 2.45) is 0 Å². The van der Waals surface area contributed by atoms with Crippen LogP contribution in [0.15, 0.2) is 27.6 Å². The van der Waals surface area contributed by atoms with Crippen molar-refractivity contribution in [3.05, 3.63) is 28.2 Å². The summed E-state index contributed by atoms with van der Waals surface area (Å²) in [4.78, 5) is 11.2. The number of halogens is 1. The number of benzene rings is 1. The van der Waals surface area contributed by atoms with E-state index in [9.17, 15) is 9.00 Å². The van der Waals surface area contributed by atoms with Crippen molar-refractivity contribution in [2.45, 2.75) is 4.90 Å². The molecule has 0 saturated heterocycles. The monoisotopic (exact) mass is 278 g/mol. The first-order chi connectivity index (χ1) is 6.57. The molecule has 0 heterocycles. The molecule has 1 rings (SSSR count). The van der Waals surface area contributed by atoms with E-state index in [1.807, 2.05) is 0 Å². The maximum atomic E-state index is 11.2. The first kappa shape index (κ1) is 11.4. The molecule has 1 N–H and O–H groups in total. The molecule has 0 saturated carbocycles. The summed E-state index contributed by atoms with van der Waals surface area (Å²) in [6, 6.07) is 4.60. The Kier molecular flexibility index (Phi) is 3.79. The van der Waals surface area contributed by atoms with Crippen molar-refractivity contribution in [2.75, 3.05) is 7.11 Å². The van der Waals surface area contributed by atoms with Gasteiger partial charge in [0, 0.05) is 4.47 Å². The zero-order valence-corrected chi connectivity index (χ0v) is 9.59. The highest BCUT2D eigenvalue weighted by atomic mass is 79.9. The third-order valence-corrected chi connectivity index (χ3v) is 3.26. The summed E-state index contributed by atoms with van der Waals surface area (Å²) in [6.45, 7) is 0. The number of carbonyl (C=O) groups excluding carboxylic acids is 1. The van der Waals surface area contributed by atoms with E-state index in [4.69, 9.17) is 4.55 Å². The highest BCUT2D eigenvalue weighted by Crippen LogP contribution is 2.23. The van der Waals surface area contributed by atoms with Crippen molar-refractivity contribution in [3.63, 3.8) is 0 Å². The lowest BCUT2D eigenvalue weighted by atomic mass is 10.2. The molecule has 0 radical (unpaired) electrons. The smallest absolute Gasteiger partial charge is 0.339 e. The van der Waals surface area contributed by atoms with Crippen LogP contribution in [0.25, 0.3) is 0 Å². The molecule has 0 fully saturated rings. The van der Waals surface area contributed by atoms with E-state index < -0.39 is 17.0 Å². The first-order valence-electron chi connectivity index (χ1n) is 3.55. The predicted molar refractivity (Wildman–Crippen MR) is 54.5 cm³/mol. The van der Waals surface area contributed by atoms with Gasteiger partial charge in [0.1, 0.15) is 0 Å². The van der Waals surface area contributed by atoms with E-state index in [0.717, 1.165) is 0 Å². The Hall–Kier alpha value is -0.720. The van der Waals surface area contributed by atoms with Crippen LogP contribution in [0.4, 0.5) is 0 Å². The molecule has 0 aliphatic carbocycles. The summed E-state index contributed by atoms with van der Waals surface area (Å²) in [5, 5.41) is 0. The molecule has 6 heteroatoms. The number of esters is 1. The molecule has 0 aliphatic heterocycles. The lowest BCUT2D eigenvalue weighted by molar-refractivity contribution is 0.0596. The van der Waals surface area contributed by atoms with Crippen LogP contribution in [0, 0.1) is 0 Å². The Morgan fingerprint density at radius 3 is 2.71 bits per heavy atom. The molecule has 0 amide bonds. The van der Waals surface area contributed by atoms with Gasteiger partial charge in [0.05, 0.1) is 17.6 Å². The van der Waals surface area contributed by atoms with E-state index in [-0.39, 0.29) is 10.5 Å². The van der Waals surface area contributed by atoms with Crippen molar-refractivity contribution in [3.8, 4) is 0 Å². The predicted octanol–water partition coefficient (Wildman–Crippen LogP) is 1.82. The average molecular weight is 279 g/mol. The summed E-state index contributed by atoms with van der Waals surface area (Å²) >= 11 is 0.862. The summed E-state index contributed by atoms with van der Waals surface area (Å²) in [5.74, 6) is -0.635. The number of rotatable bonds is 2. The molecule has 0 aromatic heterocycles. The normalized spacial score (nSPS) is 12.2. The second-order valence-electron chi connectivity index (χ2n) is 2.36. The third kappa shape index (κ3) is 2.20. The number of ether oxygens (including phenoxy) is 1. The Labute approximate surface area is 91.7 Å². The fraction of sp³-hybridized carbons (Fsp3) is 0.125. The molecular formula is C8H7BrO4S. The lowest BCUT2D eigenvalue weighted by Crippen LogP contribution is -2.07. The van der Waals surface area contributed by atoms with Gasteiger partial charge in [0.25, 0.3) is 0 Å². The van der Waals surface area contributed by atoms with Gasteiger partial charge in [0.15, 0.2) is 11.1 Å². The van der Waals surface area contributed by atoms with E-state index in [0.29, 0.717) is 4.47 Å². The first-order valence-corrected chi connectivity index (χ1v) is 5.45. The maximum absolute atomic E-state index is 11.2. The van der Waals surface area contributed by atoms with Crippen LogP contribution in [0.2, 0.25) is 0 Å². The van der Waals surface area contributed by atoms with Gasteiger partial charge < -0.3 is 9.29 Å². The molecule has 1 atom stereocenters. The number of hydrogen-bond donors (Lipinski definition) is 1. The summed E-state index contributed by atoms with van der Waals surface area (Å²) in [6.07, 6.45) is 0. The Morgan fingerprint density at radius 1 is 1.57 bits per heavy atom. The van der Waals surface area contributed by atoms with Crippen LogP contribution in [0.3, 0.4) is 0 Å². The highest BCUT2D eigenvalue weighted by Gasteiger charge is 2.18. The zero-order valence-electron chi connectivity index (χ0n) is 7.19. The fourth-order valence-electron chi connectivity index (χ4n) is 0.957. The SMILES string of the molecule is COC(=O)c1cccc(Br)c1S(=O)O. The van der Waals surface area contributed by atoms with Gasteiger partial charge in [-0.25, -0.2) is 9.00 Å². The highest BCUT2D eigenvalue weighted by molar-refractivity contribution is 9.10. The minimum absolute atomic E-state index is 0.0272. The molecular weight excluding hydrogens is 272 g/mol. The lowest BCUT2D eigenvalue weighted by Gasteiger charge is -2.05. The van der Waals surface area contributed by atoms with Crippen LogP contribution in [-0.2, 0) is 15.8 Å². The van der Waals surface area contributed by atoms with Gasteiger partial charge in [-0.1, -0.05) is 6.07 Å². The minimum Gasteiger partial charge on any atom is -0.465 e. The molecule has 14 heavy (non-hydrogen) atoms. The summed E-state index contributed by atoms with van der Waals surface area (Å²) < 4.78 is 24.8. The minimum atomic E-state index is -2.22. The van der Waals surface area contributed by atoms with Gasteiger partial charge in [-0.3, -0.25) is 0 Å². The Bertz CT molecular complexity index is 391. The summed E-state index contributed by atoms with van der Waals surface area (Å²) in [7, 11) is 1.22. The molecule has 76 valence electrons. The van der Waals surface area contributed by atoms with Gasteiger partial charge in [0.2, 0.25) is 0 Å².